The van der Waals surface area contributed by atoms with Crippen LogP contribution in [-0.2, 0) is 0 Å². The van der Waals surface area contributed by atoms with E-state index < -0.39 is 0 Å². The zero-order chi connectivity index (χ0) is 5.86. The van der Waals surface area contributed by atoms with Gasteiger partial charge < -0.3 is 5.11 Å². The molecule has 0 amide bonds. The van der Waals surface area contributed by atoms with Gasteiger partial charge in [-0.15, -0.1) is 0 Å². The molecule has 0 saturated heterocycles. The Kier molecular flexibility index (Phi) is 9.47. The second-order valence-electron chi connectivity index (χ2n) is 2.22. The summed E-state index contributed by atoms with van der Waals surface area (Å²) in [5.41, 5.74) is 0. The van der Waals surface area contributed by atoms with Gasteiger partial charge in [0, 0.05) is 0 Å². The van der Waals surface area contributed by atoms with E-state index in [1.807, 2.05) is 20.8 Å². The normalized spacial score (nSPS) is 13.1. The molecule has 0 radical (unpaired) electrons. The van der Waals surface area contributed by atoms with E-state index in [9.17, 15) is 0 Å². The van der Waals surface area contributed by atoms with Crippen LogP contribution < -0.4 is 0 Å². The average Bonchev–Trinajstić information content (AvgIpc) is 1.65. The van der Waals surface area contributed by atoms with E-state index in [0.29, 0.717) is 5.92 Å². The summed E-state index contributed by atoms with van der Waals surface area (Å²) >= 11 is 0. The second kappa shape index (κ2) is 6.34. The molecule has 2 heteroatoms. The van der Waals surface area contributed by atoms with Gasteiger partial charge in [0.15, 0.2) is 0 Å². The Morgan fingerprint density at radius 1 is 1.38 bits per heavy atom. The molecule has 0 aromatic heterocycles. The Labute approximate surface area is 81.5 Å². The van der Waals surface area contributed by atoms with Crippen LogP contribution in [0.1, 0.15) is 27.2 Å². The van der Waals surface area contributed by atoms with Gasteiger partial charge in [0.2, 0.25) is 0 Å². The summed E-state index contributed by atoms with van der Waals surface area (Å²) < 4.78 is 0. The summed E-state index contributed by atoms with van der Waals surface area (Å²) in [6.07, 6.45) is 0.775. The van der Waals surface area contributed by atoms with Gasteiger partial charge in [-0.05, 0) is 12.3 Å². The van der Waals surface area contributed by atoms with Gasteiger partial charge in [0.1, 0.15) is 0 Å². The molecule has 1 atom stereocenters. The van der Waals surface area contributed by atoms with Gasteiger partial charge in [-0.25, -0.2) is 0 Å². The first-order valence-electron chi connectivity index (χ1n) is 2.86. The van der Waals surface area contributed by atoms with E-state index in [2.05, 4.69) is 0 Å². The number of aliphatic hydroxyl groups is 1. The van der Waals surface area contributed by atoms with Crippen molar-refractivity contribution in [1.82, 2.24) is 0 Å². The Morgan fingerprint density at radius 2 is 1.75 bits per heavy atom. The van der Waals surface area contributed by atoms with Crippen molar-refractivity contribution in [3.05, 3.63) is 0 Å². The standard InChI is InChI=1S/C6H14O.Ca.2H/c1-4-6(7)5(2)3;;;/h5-7H,4H2,1-3H3;;;. The van der Waals surface area contributed by atoms with Crippen LogP contribution in [0.2, 0.25) is 0 Å². The molecule has 0 aliphatic rings. The molecule has 0 aliphatic carbocycles. The van der Waals surface area contributed by atoms with Crippen LogP contribution in [0.5, 0.6) is 0 Å². The number of hydrogen-bond donors (Lipinski definition) is 1. The first kappa shape index (κ1) is 12.0. The molecular weight excluding hydrogens is 128 g/mol. The molecule has 0 aliphatic heterocycles. The van der Waals surface area contributed by atoms with Crippen molar-refractivity contribution in [1.29, 1.82) is 0 Å². The molecular formula is C6H16CaO. The van der Waals surface area contributed by atoms with Gasteiger partial charge >= 0.3 is 37.7 Å². The minimum atomic E-state index is -0.0972. The van der Waals surface area contributed by atoms with E-state index in [-0.39, 0.29) is 43.8 Å². The maximum atomic E-state index is 8.94. The summed E-state index contributed by atoms with van der Waals surface area (Å²) in [5.74, 6) is 0.421. The Hall–Kier alpha value is 1.22. The number of hydrogen-bond acceptors (Lipinski definition) is 1. The molecule has 0 bridgehead atoms. The number of aliphatic hydroxyl groups excluding tert-OH is 1. The van der Waals surface area contributed by atoms with Crippen LogP contribution in [0.15, 0.2) is 0 Å². The molecule has 0 aromatic carbocycles. The quantitative estimate of drug-likeness (QED) is 0.559. The Balaban J connectivity index is 0. The fourth-order valence-corrected chi connectivity index (χ4v) is 0.471. The molecule has 0 heterocycles. The predicted molar refractivity (Wildman–Crippen MR) is 39.7 cm³/mol. The van der Waals surface area contributed by atoms with Crippen LogP contribution in [0, 0.1) is 5.92 Å². The van der Waals surface area contributed by atoms with Gasteiger partial charge in [-0.3, -0.25) is 0 Å². The van der Waals surface area contributed by atoms with E-state index in [4.69, 9.17) is 5.11 Å². The van der Waals surface area contributed by atoms with Crippen molar-refractivity contribution in [3.8, 4) is 0 Å². The fraction of sp³-hybridized carbons (Fsp3) is 1.00. The molecule has 48 valence electrons. The zero-order valence-electron chi connectivity index (χ0n) is 5.31. The zero-order valence-corrected chi connectivity index (χ0v) is 5.31. The topological polar surface area (TPSA) is 20.2 Å². The molecule has 1 unspecified atom stereocenters. The van der Waals surface area contributed by atoms with Gasteiger partial charge in [0.05, 0.1) is 6.10 Å². The van der Waals surface area contributed by atoms with Crippen molar-refractivity contribution < 1.29 is 5.11 Å². The molecule has 1 N–H and O–H groups in total. The van der Waals surface area contributed by atoms with Crippen LogP contribution in [0.3, 0.4) is 0 Å². The third kappa shape index (κ3) is 5.36. The summed E-state index contributed by atoms with van der Waals surface area (Å²) in [6, 6.07) is 0. The van der Waals surface area contributed by atoms with Gasteiger partial charge in [-0.2, -0.15) is 0 Å². The van der Waals surface area contributed by atoms with Crippen molar-refractivity contribution in [3.63, 3.8) is 0 Å². The third-order valence-electron chi connectivity index (χ3n) is 1.19. The van der Waals surface area contributed by atoms with Gasteiger partial charge in [-0.1, -0.05) is 20.8 Å². The fourth-order valence-electron chi connectivity index (χ4n) is 0.471. The summed E-state index contributed by atoms with van der Waals surface area (Å²) in [6.45, 7) is 6.03. The maximum absolute atomic E-state index is 8.94. The van der Waals surface area contributed by atoms with Gasteiger partial charge in [0.25, 0.3) is 0 Å². The minimum absolute atomic E-state index is 0. The second-order valence-corrected chi connectivity index (χ2v) is 2.22. The molecule has 8 heavy (non-hydrogen) atoms. The summed E-state index contributed by atoms with van der Waals surface area (Å²) in [5, 5.41) is 8.94. The molecule has 0 fully saturated rings. The molecule has 0 saturated carbocycles. The summed E-state index contributed by atoms with van der Waals surface area (Å²) in [7, 11) is 0. The van der Waals surface area contributed by atoms with Crippen molar-refractivity contribution in [2.45, 2.75) is 33.3 Å². The van der Waals surface area contributed by atoms with E-state index >= 15 is 0 Å². The van der Waals surface area contributed by atoms with E-state index in [1.165, 1.54) is 0 Å². The first-order valence-corrected chi connectivity index (χ1v) is 2.86. The monoisotopic (exact) mass is 144 g/mol. The van der Waals surface area contributed by atoms with Crippen molar-refractivity contribution >= 4 is 37.7 Å². The first-order chi connectivity index (χ1) is 3.18. The van der Waals surface area contributed by atoms with Crippen molar-refractivity contribution in [2.75, 3.05) is 0 Å². The SMILES string of the molecule is CCC(O)C(C)C.[CaH2]. The van der Waals surface area contributed by atoms with Crippen LogP contribution in [0.4, 0.5) is 0 Å². The molecule has 0 rings (SSSR count). The van der Waals surface area contributed by atoms with Crippen LogP contribution >= 0.6 is 0 Å². The van der Waals surface area contributed by atoms with Crippen LogP contribution in [-0.4, -0.2) is 48.9 Å². The Bertz CT molecular complexity index is 45.8. The van der Waals surface area contributed by atoms with E-state index in [1.54, 1.807) is 0 Å². The molecule has 1 nitrogen and oxygen atoms in total. The average molecular weight is 144 g/mol. The van der Waals surface area contributed by atoms with Crippen LogP contribution in [0.25, 0.3) is 0 Å². The van der Waals surface area contributed by atoms with Crippen molar-refractivity contribution in [2.24, 2.45) is 5.92 Å². The third-order valence-corrected chi connectivity index (χ3v) is 1.19. The number of rotatable bonds is 2. The predicted octanol–water partition coefficient (Wildman–Crippen LogP) is 0.497. The summed E-state index contributed by atoms with van der Waals surface area (Å²) in [4.78, 5) is 0. The van der Waals surface area contributed by atoms with E-state index in [0.717, 1.165) is 6.42 Å². The molecule has 0 aromatic rings. The molecule has 0 spiro atoms. The Morgan fingerprint density at radius 3 is 1.75 bits per heavy atom.